The van der Waals surface area contributed by atoms with Gasteiger partial charge in [0.25, 0.3) is 0 Å². The van der Waals surface area contributed by atoms with Gasteiger partial charge >= 0.3 is 0 Å². The van der Waals surface area contributed by atoms with Crippen LogP contribution in [-0.2, 0) is 0 Å². The molecule has 0 aromatic heterocycles. The van der Waals surface area contributed by atoms with E-state index in [2.05, 4.69) is 0 Å². The molecule has 0 fully saturated rings. The molecule has 0 aliphatic rings. The molecule has 0 aliphatic carbocycles. The Morgan fingerprint density at radius 1 is 1.07 bits per heavy atom. The van der Waals surface area contributed by atoms with Gasteiger partial charge in [-0.25, -0.2) is 4.39 Å². The smallest absolute Gasteiger partial charge is 0.159 e. The van der Waals surface area contributed by atoms with Crippen LogP contribution in [0.4, 0.5) is 4.39 Å². The first-order chi connectivity index (χ1) is 6.66. The lowest BCUT2D eigenvalue weighted by atomic mass is 10.1. The van der Waals surface area contributed by atoms with Crippen LogP contribution in [0.5, 0.6) is 0 Å². The van der Waals surface area contributed by atoms with Crippen LogP contribution < -0.4 is 0 Å². The fourth-order valence-corrected chi connectivity index (χ4v) is 1.44. The van der Waals surface area contributed by atoms with Crippen molar-refractivity contribution in [2.24, 2.45) is 0 Å². The first-order valence-corrected chi connectivity index (χ1v) is 4.37. The van der Waals surface area contributed by atoms with Crippen molar-refractivity contribution in [3.8, 4) is 0 Å². The van der Waals surface area contributed by atoms with Gasteiger partial charge in [0.2, 0.25) is 0 Å². The molecule has 0 heterocycles. The molecule has 0 unspecified atom stereocenters. The van der Waals surface area contributed by atoms with Gasteiger partial charge in [0, 0.05) is 5.56 Å². The molecule has 0 saturated carbocycles. The van der Waals surface area contributed by atoms with Crippen molar-refractivity contribution in [1.82, 2.24) is 0 Å². The highest BCUT2D eigenvalue weighted by Crippen LogP contribution is 2.17. The molecule has 0 amide bonds. The molecule has 0 radical (unpaired) electrons. The summed E-state index contributed by atoms with van der Waals surface area (Å²) in [5, 5.41) is 1.70. The highest BCUT2D eigenvalue weighted by atomic mass is 19.1. The number of Topliss-reactive ketones (excluding diaryl/α,β-unsaturated/α-hetero) is 1. The van der Waals surface area contributed by atoms with E-state index in [0.29, 0.717) is 5.56 Å². The van der Waals surface area contributed by atoms with Gasteiger partial charge in [-0.05, 0) is 35.9 Å². The summed E-state index contributed by atoms with van der Waals surface area (Å²) in [6.45, 7) is 1.50. The lowest BCUT2D eigenvalue weighted by Gasteiger charge is -2.00. The fourth-order valence-electron chi connectivity index (χ4n) is 1.44. The molecule has 1 nitrogen and oxygen atoms in total. The zero-order valence-corrected chi connectivity index (χ0v) is 7.75. The highest BCUT2D eigenvalue weighted by molar-refractivity contribution is 5.98. The third-order valence-corrected chi connectivity index (χ3v) is 2.21. The van der Waals surface area contributed by atoms with E-state index in [-0.39, 0.29) is 11.6 Å². The average Bonchev–Trinajstić information content (AvgIpc) is 2.16. The number of carbonyl (C=O) groups is 1. The van der Waals surface area contributed by atoms with Gasteiger partial charge in [0.1, 0.15) is 5.82 Å². The van der Waals surface area contributed by atoms with Crippen molar-refractivity contribution in [1.29, 1.82) is 0 Å². The van der Waals surface area contributed by atoms with E-state index < -0.39 is 0 Å². The molecule has 0 aliphatic heterocycles. The predicted octanol–water partition coefficient (Wildman–Crippen LogP) is 3.18. The van der Waals surface area contributed by atoms with E-state index in [1.165, 1.54) is 19.1 Å². The molecular formula is C12H9FO. The monoisotopic (exact) mass is 188 g/mol. The van der Waals surface area contributed by atoms with Crippen molar-refractivity contribution in [2.75, 3.05) is 0 Å². The molecule has 2 aromatic carbocycles. The van der Waals surface area contributed by atoms with E-state index in [9.17, 15) is 9.18 Å². The Balaban J connectivity index is 2.69. The van der Waals surface area contributed by atoms with E-state index in [1.807, 2.05) is 6.07 Å². The molecule has 2 aromatic rings. The molecule has 0 bridgehead atoms. The first-order valence-electron chi connectivity index (χ1n) is 4.37. The second-order valence-electron chi connectivity index (χ2n) is 3.26. The summed E-state index contributed by atoms with van der Waals surface area (Å²) < 4.78 is 12.9. The van der Waals surface area contributed by atoms with Crippen LogP contribution in [0, 0.1) is 5.82 Å². The Hall–Kier alpha value is -1.70. The lowest BCUT2D eigenvalue weighted by molar-refractivity contribution is 0.101. The summed E-state index contributed by atoms with van der Waals surface area (Å²) in [4.78, 5) is 11.1. The highest BCUT2D eigenvalue weighted by Gasteiger charge is 2.01. The van der Waals surface area contributed by atoms with Gasteiger partial charge in [0.05, 0.1) is 0 Å². The molecule has 14 heavy (non-hydrogen) atoms. The van der Waals surface area contributed by atoms with Crippen LogP contribution in [0.3, 0.4) is 0 Å². The molecule has 0 N–H and O–H groups in total. The Kier molecular flexibility index (Phi) is 2.04. The van der Waals surface area contributed by atoms with Crippen molar-refractivity contribution in [3.63, 3.8) is 0 Å². The second-order valence-corrected chi connectivity index (χ2v) is 3.26. The topological polar surface area (TPSA) is 17.1 Å². The summed E-state index contributed by atoms with van der Waals surface area (Å²) in [5.74, 6) is -0.283. The minimum atomic E-state index is -0.279. The maximum atomic E-state index is 12.9. The molecular weight excluding hydrogens is 179 g/mol. The zero-order valence-electron chi connectivity index (χ0n) is 7.75. The quantitative estimate of drug-likeness (QED) is 0.628. The number of rotatable bonds is 1. The van der Waals surface area contributed by atoms with Crippen LogP contribution in [0.2, 0.25) is 0 Å². The predicted molar refractivity (Wildman–Crippen MR) is 53.9 cm³/mol. The minimum absolute atomic E-state index is 0.00355. The average molecular weight is 188 g/mol. The van der Waals surface area contributed by atoms with Crippen LogP contribution in [0.15, 0.2) is 36.4 Å². The fraction of sp³-hybridized carbons (Fsp3) is 0.0833. The maximum absolute atomic E-state index is 12.9. The first kappa shape index (κ1) is 8.88. The minimum Gasteiger partial charge on any atom is -0.295 e. The number of fused-ring (bicyclic) bond motifs is 1. The normalized spacial score (nSPS) is 10.4. The van der Waals surface area contributed by atoms with Crippen molar-refractivity contribution < 1.29 is 9.18 Å². The van der Waals surface area contributed by atoms with Crippen molar-refractivity contribution in [3.05, 3.63) is 47.8 Å². The van der Waals surface area contributed by atoms with E-state index in [0.717, 1.165) is 10.8 Å². The van der Waals surface area contributed by atoms with Gasteiger partial charge in [-0.3, -0.25) is 4.79 Å². The van der Waals surface area contributed by atoms with Crippen LogP contribution in [0.25, 0.3) is 10.8 Å². The maximum Gasteiger partial charge on any atom is 0.159 e. The van der Waals surface area contributed by atoms with E-state index >= 15 is 0 Å². The van der Waals surface area contributed by atoms with Crippen LogP contribution >= 0.6 is 0 Å². The summed E-state index contributed by atoms with van der Waals surface area (Å²) in [6, 6.07) is 9.83. The number of hydrogen-bond donors (Lipinski definition) is 0. The number of carbonyl (C=O) groups excluding carboxylic acids is 1. The Labute approximate surface area is 81.2 Å². The SMILES string of the molecule is CC(=O)c1ccc2ccc(F)cc2c1. The Morgan fingerprint density at radius 2 is 1.79 bits per heavy atom. The van der Waals surface area contributed by atoms with Gasteiger partial charge in [-0.15, -0.1) is 0 Å². The number of hydrogen-bond acceptors (Lipinski definition) is 1. The third-order valence-electron chi connectivity index (χ3n) is 2.21. The van der Waals surface area contributed by atoms with Crippen LogP contribution in [0.1, 0.15) is 17.3 Å². The molecule has 70 valence electrons. The molecule has 2 heteroatoms. The Morgan fingerprint density at radius 3 is 2.50 bits per heavy atom. The van der Waals surface area contributed by atoms with Crippen molar-refractivity contribution in [2.45, 2.75) is 6.92 Å². The van der Waals surface area contributed by atoms with Crippen LogP contribution in [-0.4, -0.2) is 5.78 Å². The number of halogens is 1. The van der Waals surface area contributed by atoms with Crippen molar-refractivity contribution >= 4 is 16.6 Å². The largest absolute Gasteiger partial charge is 0.295 e. The number of benzene rings is 2. The third kappa shape index (κ3) is 1.51. The molecule has 0 saturated heterocycles. The van der Waals surface area contributed by atoms with Gasteiger partial charge < -0.3 is 0 Å². The Bertz CT molecular complexity index is 503. The van der Waals surface area contributed by atoms with E-state index in [1.54, 1.807) is 18.2 Å². The summed E-state index contributed by atoms with van der Waals surface area (Å²) >= 11 is 0. The molecule has 0 spiro atoms. The zero-order chi connectivity index (χ0) is 10.1. The summed E-state index contributed by atoms with van der Waals surface area (Å²) in [5.41, 5.74) is 0.614. The van der Waals surface area contributed by atoms with Gasteiger partial charge in [-0.1, -0.05) is 18.2 Å². The second kappa shape index (κ2) is 3.22. The lowest BCUT2D eigenvalue weighted by Crippen LogP contribution is -1.91. The molecule has 0 atom stereocenters. The standard InChI is InChI=1S/C12H9FO/c1-8(14)10-3-2-9-4-5-12(13)7-11(9)6-10/h2-7H,1H3. The van der Waals surface area contributed by atoms with Gasteiger partial charge in [-0.2, -0.15) is 0 Å². The summed E-state index contributed by atoms with van der Waals surface area (Å²) in [6.07, 6.45) is 0. The van der Waals surface area contributed by atoms with Gasteiger partial charge in [0.15, 0.2) is 5.78 Å². The summed E-state index contributed by atoms with van der Waals surface area (Å²) in [7, 11) is 0. The molecule has 2 rings (SSSR count). The number of ketones is 1. The van der Waals surface area contributed by atoms with E-state index in [4.69, 9.17) is 0 Å².